The van der Waals surface area contributed by atoms with Gasteiger partial charge in [0.1, 0.15) is 0 Å². The molecular formula is C20H24N2O3. The van der Waals surface area contributed by atoms with Crippen LogP contribution in [-0.2, 0) is 16.1 Å². The molecule has 0 saturated carbocycles. The zero-order valence-corrected chi connectivity index (χ0v) is 14.3. The number of rotatable bonds is 7. The van der Waals surface area contributed by atoms with Gasteiger partial charge < -0.3 is 9.84 Å². The highest BCUT2D eigenvalue weighted by atomic mass is 16.5. The van der Waals surface area contributed by atoms with E-state index in [1.807, 2.05) is 36.5 Å². The zero-order chi connectivity index (χ0) is 17.5. The first-order valence-electron chi connectivity index (χ1n) is 8.74. The largest absolute Gasteiger partial charge is 0.481 e. The van der Waals surface area contributed by atoms with E-state index in [1.54, 1.807) is 0 Å². The molecule has 3 rings (SSSR count). The van der Waals surface area contributed by atoms with Gasteiger partial charge in [-0.25, -0.2) is 0 Å². The molecule has 1 saturated heterocycles. The summed E-state index contributed by atoms with van der Waals surface area (Å²) in [5, 5.41) is 9.05. The highest BCUT2D eigenvalue weighted by molar-refractivity contribution is 5.66. The highest BCUT2D eigenvalue weighted by Gasteiger charge is 2.17. The van der Waals surface area contributed by atoms with Crippen molar-refractivity contribution < 1.29 is 14.6 Å². The fourth-order valence-electron chi connectivity index (χ4n) is 3.20. The molecule has 1 aromatic heterocycles. The molecule has 1 aliphatic heterocycles. The van der Waals surface area contributed by atoms with Crippen LogP contribution in [0.1, 0.15) is 35.6 Å². The second kappa shape index (κ2) is 8.74. The summed E-state index contributed by atoms with van der Waals surface area (Å²) in [7, 11) is 0. The number of pyridine rings is 1. The minimum Gasteiger partial charge on any atom is -0.481 e. The van der Waals surface area contributed by atoms with Crippen LogP contribution in [0.5, 0.6) is 0 Å². The number of aromatic nitrogens is 1. The Hall–Kier alpha value is -2.24. The molecule has 25 heavy (non-hydrogen) atoms. The van der Waals surface area contributed by atoms with Gasteiger partial charge in [0.15, 0.2) is 0 Å². The third kappa shape index (κ3) is 5.11. The molecule has 5 heteroatoms. The molecular weight excluding hydrogens is 316 g/mol. The van der Waals surface area contributed by atoms with Crippen LogP contribution in [-0.4, -0.2) is 47.3 Å². The Balaban J connectivity index is 1.72. The van der Waals surface area contributed by atoms with E-state index in [1.165, 1.54) is 0 Å². The quantitative estimate of drug-likeness (QED) is 0.840. The van der Waals surface area contributed by atoms with E-state index in [-0.39, 0.29) is 12.3 Å². The van der Waals surface area contributed by atoms with E-state index in [2.05, 4.69) is 22.0 Å². The Kier molecular flexibility index (Phi) is 6.14. The van der Waals surface area contributed by atoms with Crippen molar-refractivity contribution in [2.75, 3.05) is 26.3 Å². The molecule has 1 atom stereocenters. The van der Waals surface area contributed by atoms with E-state index in [4.69, 9.17) is 9.84 Å². The van der Waals surface area contributed by atoms with Crippen LogP contribution in [0, 0.1) is 0 Å². The lowest BCUT2D eigenvalue weighted by Crippen LogP contribution is -2.35. The molecule has 1 N–H and O–H groups in total. The Morgan fingerprint density at radius 3 is 2.52 bits per heavy atom. The average Bonchev–Trinajstić information content (AvgIpc) is 2.65. The molecule has 2 heterocycles. The number of hydrogen-bond acceptors (Lipinski definition) is 4. The van der Waals surface area contributed by atoms with Gasteiger partial charge >= 0.3 is 5.97 Å². The van der Waals surface area contributed by atoms with Crippen molar-refractivity contribution in [1.82, 2.24) is 9.88 Å². The Bertz CT molecular complexity index is 667. The molecule has 0 spiro atoms. The van der Waals surface area contributed by atoms with E-state index in [9.17, 15) is 4.79 Å². The summed E-state index contributed by atoms with van der Waals surface area (Å²) in [4.78, 5) is 18.0. The summed E-state index contributed by atoms with van der Waals surface area (Å²) in [5.41, 5.74) is 3.24. The molecule has 1 fully saturated rings. The van der Waals surface area contributed by atoms with Crippen molar-refractivity contribution in [3.8, 4) is 0 Å². The lowest BCUT2D eigenvalue weighted by atomic mass is 9.88. The number of carbonyl (C=O) groups is 1. The van der Waals surface area contributed by atoms with Crippen LogP contribution in [0.4, 0.5) is 0 Å². The Morgan fingerprint density at radius 2 is 1.88 bits per heavy atom. The molecule has 2 aromatic rings. The minimum absolute atomic E-state index is 0.0576. The molecule has 0 radical (unpaired) electrons. The van der Waals surface area contributed by atoms with Gasteiger partial charge in [0.25, 0.3) is 0 Å². The fourth-order valence-corrected chi connectivity index (χ4v) is 3.20. The van der Waals surface area contributed by atoms with Gasteiger partial charge in [-0.2, -0.15) is 0 Å². The number of nitrogens with zero attached hydrogens (tertiary/aromatic N) is 2. The lowest BCUT2D eigenvalue weighted by molar-refractivity contribution is -0.137. The number of ether oxygens (including phenoxy) is 1. The summed E-state index contributed by atoms with van der Waals surface area (Å²) in [6.07, 6.45) is 2.62. The number of carboxylic acids is 1. The number of carboxylic acid groups (broad SMARTS) is 1. The van der Waals surface area contributed by atoms with Gasteiger partial charge in [-0.05, 0) is 23.6 Å². The summed E-state index contributed by atoms with van der Waals surface area (Å²) < 4.78 is 5.37. The third-order valence-corrected chi connectivity index (χ3v) is 4.59. The van der Waals surface area contributed by atoms with Crippen LogP contribution in [0.15, 0.2) is 48.7 Å². The monoisotopic (exact) mass is 340 g/mol. The lowest BCUT2D eigenvalue weighted by Gasteiger charge is -2.26. The predicted octanol–water partition coefficient (Wildman–Crippen LogP) is 2.91. The average molecular weight is 340 g/mol. The van der Waals surface area contributed by atoms with Crippen LogP contribution >= 0.6 is 0 Å². The summed E-state index contributed by atoms with van der Waals surface area (Å²) >= 11 is 0. The Morgan fingerprint density at radius 1 is 1.12 bits per heavy atom. The summed E-state index contributed by atoms with van der Waals surface area (Å²) in [5.74, 6) is -0.708. The number of hydrogen-bond donors (Lipinski definition) is 1. The second-order valence-corrected chi connectivity index (χ2v) is 6.37. The van der Waals surface area contributed by atoms with Gasteiger partial charge in [0.05, 0.1) is 18.9 Å². The van der Waals surface area contributed by atoms with Gasteiger partial charge in [-0.3, -0.25) is 14.7 Å². The molecule has 5 nitrogen and oxygen atoms in total. The maximum Gasteiger partial charge on any atom is 0.303 e. The summed E-state index contributed by atoms with van der Waals surface area (Å²) in [6.45, 7) is 4.27. The molecule has 1 aliphatic rings. The third-order valence-electron chi connectivity index (χ3n) is 4.59. The highest BCUT2D eigenvalue weighted by Crippen LogP contribution is 2.29. The van der Waals surface area contributed by atoms with E-state index in [0.29, 0.717) is 6.42 Å². The van der Waals surface area contributed by atoms with Crippen molar-refractivity contribution in [2.45, 2.75) is 25.3 Å². The smallest absolute Gasteiger partial charge is 0.303 e. The van der Waals surface area contributed by atoms with Gasteiger partial charge in [0.2, 0.25) is 0 Å². The molecule has 0 amide bonds. The first-order chi connectivity index (χ1) is 12.2. The normalized spacial score (nSPS) is 16.5. The van der Waals surface area contributed by atoms with Crippen molar-refractivity contribution in [2.24, 2.45) is 0 Å². The van der Waals surface area contributed by atoms with E-state index < -0.39 is 5.97 Å². The van der Waals surface area contributed by atoms with Crippen molar-refractivity contribution in [1.29, 1.82) is 0 Å². The molecule has 1 unspecified atom stereocenters. The van der Waals surface area contributed by atoms with Crippen LogP contribution in [0.3, 0.4) is 0 Å². The predicted molar refractivity (Wildman–Crippen MR) is 95.5 cm³/mol. The number of benzene rings is 1. The maximum absolute atomic E-state index is 11.0. The van der Waals surface area contributed by atoms with Gasteiger partial charge in [-0.1, -0.05) is 36.4 Å². The second-order valence-electron chi connectivity index (χ2n) is 6.37. The van der Waals surface area contributed by atoms with Crippen LogP contribution < -0.4 is 0 Å². The molecule has 0 bridgehead atoms. The molecule has 1 aromatic carbocycles. The first kappa shape index (κ1) is 17.6. The minimum atomic E-state index is -0.766. The van der Waals surface area contributed by atoms with E-state index >= 15 is 0 Å². The van der Waals surface area contributed by atoms with Crippen molar-refractivity contribution in [3.05, 3.63) is 65.5 Å². The van der Waals surface area contributed by atoms with Crippen molar-refractivity contribution in [3.63, 3.8) is 0 Å². The van der Waals surface area contributed by atoms with Crippen LogP contribution in [0.25, 0.3) is 0 Å². The van der Waals surface area contributed by atoms with E-state index in [0.717, 1.165) is 49.7 Å². The summed E-state index contributed by atoms with van der Waals surface area (Å²) in [6, 6.07) is 14.2. The molecule has 132 valence electrons. The van der Waals surface area contributed by atoms with Crippen LogP contribution in [0.2, 0.25) is 0 Å². The Labute approximate surface area is 148 Å². The van der Waals surface area contributed by atoms with Crippen molar-refractivity contribution >= 4 is 5.97 Å². The first-order valence-corrected chi connectivity index (χ1v) is 8.74. The fraction of sp³-hybridized carbons (Fsp3) is 0.400. The number of aliphatic carboxylic acids is 1. The number of morpholine rings is 1. The van der Waals surface area contributed by atoms with Gasteiger partial charge in [-0.15, -0.1) is 0 Å². The SMILES string of the molecule is O=C(O)CCC(c1ccccc1)c1ccc(CN2CCOCC2)nc1. The maximum atomic E-state index is 11.0. The standard InChI is InChI=1S/C20H24N2O3/c23-20(24)9-8-19(16-4-2-1-3-5-16)17-6-7-18(21-14-17)15-22-10-12-25-13-11-22/h1-7,14,19H,8-13,15H2,(H,23,24). The topological polar surface area (TPSA) is 62.7 Å². The molecule has 0 aliphatic carbocycles. The van der Waals surface area contributed by atoms with Gasteiger partial charge in [0, 0.05) is 38.2 Å². The zero-order valence-electron chi connectivity index (χ0n) is 14.3.